The van der Waals surface area contributed by atoms with E-state index in [1.807, 2.05) is 12.1 Å². The Hall–Kier alpha value is -1.76. The van der Waals surface area contributed by atoms with Crippen LogP contribution in [0.4, 0.5) is 13.2 Å². The summed E-state index contributed by atoms with van der Waals surface area (Å²) in [4.78, 5) is 14.7. The molecule has 30 heavy (non-hydrogen) atoms. The van der Waals surface area contributed by atoms with Crippen LogP contribution < -0.4 is 5.32 Å². The highest BCUT2D eigenvalue weighted by Crippen LogP contribution is 2.36. The fourth-order valence-electron chi connectivity index (χ4n) is 3.78. The fourth-order valence-corrected chi connectivity index (χ4v) is 4.10. The van der Waals surface area contributed by atoms with Gasteiger partial charge in [0.2, 0.25) is 0 Å². The molecule has 1 saturated heterocycles. The molecule has 1 heterocycles. The summed E-state index contributed by atoms with van der Waals surface area (Å²) in [6, 6.07) is 12.2. The Morgan fingerprint density at radius 3 is 2.47 bits per heavy atom. The van der Waals surface area contributed by atoms with Crippen molar-refractivity contribution in [3.63, 3.8) is 0 Å². The van der Waals surface area contributed by atoms with Crippen LogP contribution in [0.5, 0.6) is 0 Å². The van der Waals surface area contributed by atoms with E-state index < -0.39 is 22.7 Å². The van der Waals surface area contributed by atoms with Gasteiger partial charge in [0, 0.05) is 18.6 Å². The molecule has 0 bridgehead atoms. The van der Waals surface area contributed by atoms with Crippen molar-refractivity contribution in [1.82, 2.24) is 10.2 Å². The Balaban J connectivity index is 0.00000320. The topological polar surface area (TPSA) is 32.3 Å². The third kappa shape index (κ3) is 5.48. The monoisotopic (exact) mass is 460 g/mol. The van der Waals surface area contributed by atoms with E-state index in [0.29, 0.717) is 12.1 Å². The zero-order chi connectivity index (χ0) is 21.2. The van der Waals surface area contributed by atoms with Gasteiger partial charge in [-0.3, -0.25) is 9.69 Å². The van der Waals surface area contributed by atoms with E-state index in [0.717, 1.165) is 18.1 Å². The molecular formula is C22H25Cl2F3N2O. The highest BCUT2D eigenvalue weighted by Gasteiger charge is 2.34. The minimum atomic E-state index is -4.60. The van der Waals surface area contributed by atoms with Crippen LogP contribution in [0, 0.1) is 0 Å². The summed E-state index contributed by atoms with van der Waals surface area (Å²) >= 11 is 5.82. The van der Waals surface area contributed by atoms with Gasteiger partial charge in [0.1, 0.15) is 0 Å². The molecule has 1 N–H and O–H groups in total. The Labute approximate surface area is 186 Å². The first-order chi connectivity index (χ1) is 13.7. The summed E-state index contributed by atoms with van der Waals surface area (Å²) in [5.74, 6) is -0.633. The van der Waals surface area contributed by atoms with Crippen molar-refractivity contribution in [3.05, 3.63) is 69.7 Å². The molecular weight excluding hydrogens is 436 g/mol. The number of rotatable bonds is 4. The van der Waals surface area contributed by atoms with Crippen LogP contribution in [0.2, 0.25) is 5.02 Å². The number of carbonyl (C=O) groups is 1. The van der Waals surface area contributed by atoms with E-state index in [9.17, 15) is 18.0 Å². The highest BCUT2D eigenvalue weighted by atomic mass is 35.5. The normalized spacial score (nSPS) is 19.8. The van der Waals surface area contributed by atoms with E-state index in [-0.39, 0.29) is 24.5 Å². The second-order valence-corrected chi connectivity index (χ2v) is 7.93. The molecule has 0 radical (unpaired) electrons. The molecule has 1 aliphatic heterocycles. The molecule has 0 spiro atoms. The van der Waals surface area contributed by atoms with Crippen molar-refractivity contribution in [2.75, 3.05) is 7.05 Å². The van der Waals surface area contributed by atoms with E-state index >= 15 is 0 Å². The molecule has 1 fully saturated rings. The first-order valence-electron chi connectivity index (χ1n) is 9.63. The van der Waals surface area contributed by atoms with Crippen LogP contribution in [0.1, 0.15) is 59.3 Å². The summed E-state index contributed by atoms with van der Waals surface area (Å²) in [6.45, 7) is 2.44. The van der Waals surface area contributed by atoms with Crippen molar-refractivity contribution < 1.29 is 18.0 Å². The summed E-state index contributed by atoms with van der Waals surface area (Å²) in [5.41, 5.74) is 0.907. The maximum atomic E-state index is 13.0. The number of carbonyl (C=O) groups excluding carboxylic acids is 1. The van der Waals surface area contributed by atoms with Crippen LogP contribution in [-0.4, -0.2) is 23.9 Å². The molecule has 0 aliphatic carbocycles. The molecule has 0 aromatic heterocycles. The molecule has 2 atom stereocenters. The second-order valence-electron chi connectivity index (χ2n) is 7.55. The quantitative estimate of drug-likeness (QED) is 0.583. The SMILES string of the molecule is CC1CCCC(c2ccc(CNC(=O)c3cccc(C(F)(F)F)c3Cl)cc2)N1C.Cl. The summed E-state index contributed by atoms with van der Waals surface area (Å²) in [7, 11) is 2.14. The molecule has 1 aliphatic rings. The smallest absolute Gasteiger partial charge is 0.348 e. The number of likely N-dealkylation sites (tertiary alicyclic amines) is 1. The lowest BCUT2D eigenvalue weighted by atomic mass is 9.92. The number of benzene rings is 2. The molecule has 2 aromatic carbocycles. The molecule has 3 rings (SSSR count). The number of amides is 1. The van der Waals surface area contributed by atoms with Gasteiger partial charge in [-0.15, -0.1) is 12.4 Å². The number of halogens is 5. The molecule has 3 nitrogen and oxygen atoms in total. The van der Waals surface area contributed by atoms with Crippen LogP contribution in [0.15, 0.2) is 42.5 Å². The molecule has 0 saturated carbocycles. The Morgan fingerprint density at radius 2 is 1.83 bits per heavy atom. The predicted octanol–water partition coefficient (Wildman–Crippen LogP) is 6.26. The standard InChI is InChI=1S/C22H24ClF3N2O.ClH/c1-14-5-3-8-19(28(14)2)16-11-9-15(10-12-16)13-27-21(29)17-6-4-7-18(20(17)23)22(24,25)26;/h4,6-7,9-12,14,19H,3,5,8,13H2,1-2H3,(H,27,29);1H. The minimum absolute atomic E-state index is 0. The first kappa shape index (κ1) is 24.5. The van der Waals surface area contributed by atoms with Gasteiger partial charge >= 0.3 is 6.18 Å². The minimum Gasteiger partial charge on any atom is -0.348 e. The number of alkyl halides is 3. The average Bonchev–Trinajstić information content (AvgIpc) is 2.68. The van der Waals surface area contributed by atoms with E-state index in [1.165, 1.54) is 30.5 Å². The first-order valence-corrected chi connectivity index (χ1v) is 10.0. The van der Waals surface area contributed by atoms with E-state index in [1.54, 1.807) is 0 Å². The van der Waals surface area contributed by atoms with E-state index in [2.05, 4.69) is 36.3 Å². The lowest BCUT2D eigenvalue weighted by molar-refractivity contribution is -0.137. The van der Waals surface area contributed by atoms with Crippen molar-refractivity contribution in [2.24, 2.45) is 0 Å². The molecule has 164 valence electrons. The number of hydrogen-bond acceptors (Lipinski definition) is 2. The second kappa shape index (κ2) is 10.0. The third-order valence-corrected chi connectivity index (χ3v) is 6.06. The number of nitrogens with zero attached hydrogens (tertiary/aromatic N) is 1. The average molecular weight is 461 g/mol. The Bertz CT molecular complexity index is 872. The van der Waals surface area contributed by atoms with Gasteiger partial charge in [-0.25, -0.2) is 0 Å². The van der Waals surface area contributed by atoms with Gasteiger partial charge in [-0.05, 0) is 50.1 Å². The number of piperidine rings is 1. The predicted molar refractivity (Wildman–Crippen MR) is 115 cm³/mol. The van der Waals surface area contributed by atoms with Gasteiger partial charge in [-0.1, -0.05) is 48.4 Å². The van der Waals surface area contributed by atoms with Crippen LogP contribution >= 0.6 is 24.0 Å². The van der Waals surface area contributed by atoms with Gasteiger partial charge in [-0.2, -0.15) is 13.2 Å². The van der Waals surface area contributed by atoms with Gasteiger partial charge in [0.05, 0.1) is 16.1 Å². The fraction of sp³-hybridized carbons (Fsp3) is 0.409. The van der Waals surface area contributed by atoms with Crippen LogP contribution in [0.25, 0.3) is 0 Å². The molecule has 2 unspecified atom stereocenters. The van der Waals surface area contributed by atoms with Crippen molar-refractivity contribution in [2.45, 2.75) is 51.0 Å². The van der Waals surface area contributed by atoms with Gasteiger partial charge in [0.25, 0.3) is 5.91 Å². The Morgan fingerprint density at radius 1 is 1.17 bits per heavy atom. The maximum Gasteiger partial charge on any atom is 0.417 e. The lowest BCUT2D eigenvalue weighted by Gasteiger charge is -2.38. The largest absolute Gasteiger partial charge is 0.417 e. The van der Waals surface area contributed by atoms with Crippen molar-refractivity contribution in [1.29, 1.82) is 0 Å². The van der Waals surface area contributed by atoms with Gasteiger partial charge in [0.15, 0.2) is 0 Å². The third-order valence-electron chi connectivity index (χ3n) is 5.65. The Kier molecular flexibility index (Phi) is 8.20. The zero-order valence-electron chi connectivity index (χ0n) is 16.8. The summed E-state index contributed by atoms with van der Waals surface area (Å²) in [5, 5.41) is 2.07. The van der Waals surface area contributed by atoms with Crippen LogP contribution in [0.3, 0.4) is 0 Å². The number of hydrogen-bond donors (Lipinski definition) is 1. The number of nitrogens with one attached hydrogen (secondary N) is 1. The maximum absolute atomic E-state index is 13.0. The molecule has 2 aromatic rings. The lowest BCUT2D eigenvalue weighted by Crippen LogP contribution is -2.36. The van der Waals surface area contributed by atoms with Crippen LogP contribution in [-0.2, 0) is 12.7 Å². The highest BCUT2D eigenvalue weighted by molar-refractivity contribution is 6.34. The van der Waals surface area contributed by atoms with Crippen molar-refractivity contribution in [3.8, 4) is 0 Å². The van der Waals surface area contributed by atoms with Crippen molar-refractivity contribution >= 4 is 29.9 Å². The molecule has 1 amide bonds. The van der Waals surface area contributed by atoms with Gasteiger partial charge < -0.3 is 5.32 Å². The zero-order valence-corrected chi connectivity index (χ0v) is 18.4. The molecule has 8 heteroatoms. The van der Waals surface area contributed by atoms with E-state index in [4.69, 9.17) is 11.6 Å². The summed E-state index contributed by atoms with van der Waals surface area (Å²) in [6.07, 6.45) is -1.08. The summed E-state index contributed by atoms with van der Waals surface area (Å²) < 4.78 is 38.9.